The monoisotopic (exact) mass is 332 g/mol. The van der Waals surface area contributed by atoms with Crippen molar-refractivity contribution in [3.63, 3.8) is 0 Å². The van der Waals surface area contributed by atoms with E-state index in [1.54, 1.807) is 0 Å². The zero-order chi connectivity index (χ0) is 17.5. The van der Waals surface area contributed by atoms with Gasteiger partial charge in [0.2, 0.25) is 0 Å². The zero-order valence-corrected chi connectivity index (χ0v) is 14.8. The predicted molar refractivity (Wildman–Crippen MR) is 105 cm³/mol. The molecule has 0 bridgehead atoms. The molecule has 0 spiro atoms. The van der Waals surface area contributed by atoms with Crippen molar-refractivity contribution in [1.29, 1.82) is 0 Å². The molecular weight excluding hydrogens is 308 g/mol. The first kappa shape index (κ1) is 17.0. The highest BCUT2D eigenvalue weighted by Gasteiger charge is 2.07. The number of benzene rings is 2. The molecule has 0 saturated heterocycles. The third kappa shape index (κ3) is 4.80. The molecular formula is C21H24N4. The minimum absolute atomic E-state index is 0.730. The van der Waals surface area contributed by atoms with E-state index in [0.717, 1.165) is 42.5 Å². The second-order valence-corrected chi connectivity index (χ2v) is 6.10. The summed E-state index contributed by atoms with van der Waals surface area (Å²) in [6.07, 6.45) is 1.05. The van der Waals surface area contributed by atoms with Gasteiger partial charge in [0, 0.05) is 24.7 Å². The Labute approximate surface area is 149 Å². The van der Waals surface area contributed by atoms with Gasteiger partial charge in [0.05, 0.1) is 0 Å². The van der Waals surface area contributed by atoms with E-state index < -0.39 is 0 Å². The quantitative estimate of drug-likeness (QED) is 0.647. The highest BCUT2D eigenvalue weighted by atomic mass is 15.1. The summed E-state index contributed by atoms with van der Waals surface area (Å²) < 4.78 is 0. The van der Waals surface area contributed by atoms with Gasteiger partial charge in [-0.25, -0.2) is 9.97 Å². The van der Waals surface area contributed by atoms with Crippen LogP contribution in [0.1, 0.15) is 24.5 Å². The number of anilines is 2. The first-order valence-corrected chi connectivity index (χ1v) is 8.72. The maximum Gasteiger partial charge on any atom is 0.163 e. The second-order valence-electron chi connectivity index (χ2n) is 6.10. The minimum atomic E-state index is 0.730. The number of nitrogens with one attached hydrogen (secondary N) is 2. The summed E-state index contributed by atoms with van der Waals surface area (Å²) >= 11 is 0. The zero-order valence-electron chi connectivity index (χ0n) is 14.8. The van der Waals surface area contributed by atoms with Crippen LogP contribution in [0.4, 0.5) is 11.6 Å². The van der Waals surface area contributed by atoms with Gasteiger partial charge in [-0.1, -0.05) is 67.1 Å². The van der Waals surface area contributed by atoms with E-state index in [2.05, 4.69) is 58.7 Å². The van der Waals surface area contributed by atoms with Crippen LogP contribution in [0.2, 0.25) is 0 Å². The third-order valence-corrected chi connectivity index (χ3v) is 3.87. The predicted octanol–water partition coefficient (Wildman–Crippen LogP) is 4.89. The lowest BCUT2D eigenvalue weighted by Crippen LogP contribution is -2.07. The summed E-state index contributed by atoms with van der Waals surface area (Å²) in [6, 6.07) is 20.5. The number of hydrogen-bond acceptors (Lipinski definition) is 4. The number of hydrogen-bond donors (Lipinski definition) is 2. The molecule has 25 heavy (non-hydrogen) atoms. The van der Waals surface area contributed by atoms with Crippen LogP contribution in [-0.2, 0) is 6.54 Å². The van der Waals surface area contributed by atoms with Crippen molar-refractivity contribution in [1.82, 2.24) is 9.97 Å². The van der Waals surface area contributed by atoms with Crippen LogP contribution in [0.15, 0.2) is 60.7 Å². The normalized spacial score (nSPS) is 10.5. The van der Waals surface area contributed by atoms with Crippen molar-refractivity contribution >= 4 is 11.6 Å². The highest BCUT2D eigenvalue weighted by molar-refractivity contribution is 5.61. The molecule has 1 heterocycles. The van der Waals surface area contributed by atoms with Gasteiger partial charge < -0.3 is 10.6 Å². The minimum Gasteiger partial charge on any atom is -0.370 e. The summed E-state index contributed by atoms with van der Waals surface area (Å²) in [5.41, 5.74) is 3.52. The Morgan fingerprint density at radius 2 is 1.60 bits per heavy atom. The van der Waals surface area contributed by atoms with Crippen LogP contribution >= 0.6 is 0 Å². The highest BCUT2D eigenvalue weighted by Crippen LogP contribution is 2.20. The Balaban J connectivity index is 1.84. The molecule has 0 amide bonds. The molecule has 4 nitrogen and oxygen atoms in total. The van der Waals surface area contributed by atoms with Gasteiger partial charge >= 0.3 is 0 Å². The smallest absolute Gasteiger partial charge is 0.163 e. The van der Waals surface area contributed by atoms with Crippen molar-refractivity contribution in [3.05, 3.63) is 71.8 Å². The molecule has 0 aliphatic rings. The molecule has 3 aromatic rings. The topological polar surface area (TPSA) is 49.8 Å². The second kappa shape index (κ2) is 8.29. The molecule has 0 aliphatic heterocycles. The third-order valence-electron chi connectivity index (χ3n) is 3.87. The fourth-order valence-electron chi connectivity index (χ4n) is 2.61. The fraction of sp³-hybridized carbons (Fsp3) is 0.238. The van der Waals surface area contributed by atoms with E-state index in [1.165, 1.54) is 11.1 Å². The average Bonchev–Trinajstić information content (AvgIpc) is 2.65. The molecule has 0 aliphatic carbocycles. The maximum absolute atomic E-state index is 4.69. The van der Waals surface area contributed by atoms with E-state index >= 15 is 0 Å². The summed E-state index contributed by atoms with van der Waals surface area (Å²) in [4.78, 5) is 9.34. The van der Waals surface area contributed by atoms with E-state index in [-0.39, 0.29) is 0 Å². The lowest BCUT2D eigenvalue weighted by Gasteiger charge is -2.11. The van der Waals surface area contributed by atoms with Crippen molar-refractivity contribution in [2.24, 2.45) is 0 Å². The van der Waals surface area contributed by atoms with Crippen LogP contribution in [0, 0.1) is 6.92 Å². The first-order chi connectivity index (χ1) is 12.2. The molecule has 0 radical (unpaired) electrons. The fourth-order valence-corrected chi connectivity index (χ4v) is 2.61. The summed E-state index contributed by atoms with van der Waals surface area (Å²) in [5.74, 6) is 2.41. The molecule has 1 aromatic heterocycles. The van der Waals surface area contributed by atoms with E-state index in [9.17, 15) is 0 Å². The van der Waals surface area contributed by atoms with Crippen molar-refractivity contribution in [2.75, 3.05) is 17.2 Å². The number of aryl methyl sites for hydroxylation is 1. The van der Waals surface area contributed by atoms with Gasteiger partial charge in [0.25, 0.3) is 0 Å². The van der Waals surface area contributed by atoms with Crippen LogP contribution in [-0.4, -0.2) is 16.5 Å². The van der Waals surface area contributed by atoms with Crippen LogP contribution in [0.25, 0.3) is 11.4 Å². The van der Waals surface area contributed by atoms with Crippen LogP contribution in [0.3, 0.4) is 0 Å². The Hall–Kier alpha value is -2.88. The average molecular weight is 332 g/mol. The molecule has 0 saturated carbocycles. The van der Waals surface area contributed by atoms with E-state index in [0.29, 0.717) is 0 Å². The lowest BCUT2D eigenvalue weighted by molar-refractivity contribution is 0.964. The van der Waals surface area contributed by atoms with Gasteiger partial charge in [-0.3, -0.25) is 0 Å². The number of aromatic nitrogens is 2. The Bertz CT molecular complexity index is 815. The van der Waals surface area contributed by atoms with Crippen molar-refractivity contribution in [3.8, 4) is 11.4 Å². The molecule has 3 rings (SSSR count). The number of nitrogens with zero attached hydrogens (tertiary/aromatic N) is 2. The molecule has 0 unspecified atom stereocenters. The maximum atomic E-state index is 4.69. The largest absolute Gasteiger partial charge is 0.370 e. The van der Waals surface area contributed by atoms with Crippen molar-refractivity contribution in [2.45, 2.75) is 26.8 Å². The first-order valence-electron chi connectivity index (χ1n) is 8.72. The standard InChI is InChI=1S/C21H24N4/c1-3-12-22-19-14-20(23-15-17-9-7-8-16(2)13-17)25-21(24-19)18-10-5-4-6-11-18/h4-11,13-14H,3,12,15H2,1-2H3,(H2,22,23,24,25). The SMILES string of the molecule is CCCNc1cc(NCc2cccc(C)c2)nc(-c2ccccc2)n1. The Morgan fingerprint density at radius 1 is 0.840 bits per heavy atom. The molecule has 0 atom stereocenters. The lowest BCUT2D eigenvalue weighted by atomic mass is 10.1. The summed E-state index contributed by atoms with van der Waals surface area (Å²) in [7, 11) is 0. The van der Waals surface area contributed by atoms with Gasteiger partial charge in [-0.15, -0.1) is 0 Å². The molecule has 2 aromatic carbocycles. The van der Waals surface area contributed by atoms with Crippen LogP contribution < -0.4 is 10.6 Å². The van der Waals surface area contributed by atoms with E-state index in [4.69, 9.17) is 0 Å². The van der Waals surface area contributed by atoms with Crippen LogP contribution in [0.5, 0.6) is 0 Å². The molecule has 4 heteroatoms. The molecule has 0 fully saturated rings. The van der Waals surface area contributed by atoms with Gasteiger partial charge in [-0.05, 0) is 18.9 Å². The summed E-state index contributed by atoms with van der Waals surface area (Å²) in [6.45, 7) is 5.88. The van der Waals surface area contributed by atoms with E-state index in [1.807, 2.05) is 36.4 Å². The Kier molecular flexibility index (Phi) is 5.62. The Morgan fingerprint density at radius 3 is 2.32 bits per heavy atom. The molecule has 2 N–H and O–H groups in total. The molecule has 128 valence electrons. The number of rotatable bonds is 7. The van der Waals surface area contributed by atoms with Gasteiger partial charge in [0.15, 0.2) is 5.82 Å². The van der Waals surface area contributed by atoms with Crippen molar-refractivity contribution < 1.29 is 0 Å². The summed E-state index contributed by atoms with van der Waals surface area (Å²) in [5, 5.41) is 6.79. The van der Waals surface area contributed by atoms with Gasteiger partial charge in [-0.2, -0.15) is 0 Å². The van der Waals surface area contributed by atoms with Gasteiger partial charge in [0.1, 0.15) is 11.6 Å².